The molecule has 1 aliphatic rings. The van der Waals surface area contributed by atoms with Crippen molar-refractivity contribution >= 4 is 35.4 Å². The lowest BCUT2D eigenvalue weighted by Gasteiger charge is -2.32. The fourth-order valence-corrected chi connectivity index (χ4v) is 3.20. The van der Waals surface area contributed by atoms with Crippen LogP contribution < -0.4 is 10.9 Å². The molecule has 1 atom stereocenters. The molecule has 0 saturated carbocycles. The minimum atomic E-state index is -0.513. The van der Waals surface area contributed by atoms with Gasteiger partial charge in [0.2, 0.25) is 11.8 Å². The number of carbonyl (C=O) groups is 3. The lowest BCUT2D eigenvalue weighted by molar-refractivity contribution is -0.130. The second kappa shape index (κ2) is 8.05. The topological polar surface area (TPSA) is 78.5 Å². The molecule has 138 valence electrons. The number of amides is 3. The van der Waals surface area contributed by atoms with E-state index in [4.69, 9.17) is 11.6 Å². The summed E-state index contributed by atoms with van der Waals surface area (Å²) >= 11 is 5.97. The Bertz CT molecular complexity index is 926. The maximum absolute atomic E-state index is 12.4. The number of rotatable bonds is 3. The van der Waals surface area contributed by atoms with Crippen LogP contribution in [-0.4, -0.2) is 22.6 Å². The zero-order valence-corrected chi connectivity index (χ0v) is 15.4. The van der Waals surface area contributed by atoms with Crippen LogP contribution in [0, 0.1) is 0 Å². The predicted molar refractivity (Wildman–Crippen MR) is 102 cm³/mol. The van der Waals surface area contributed by atoms with E-state index in [0.29, 0.717) is 5.02 Å². The Labute approximate surface area is 161 Å². The summed E-state index contributed by atoms with van der Waals surface area (Å²) in [5.74, 6) is -1.10. The van der Waals surface area contributed by atoms with Crippen molar-refractivity contribution in [1.29, 1.82) is 0 Å². The van der Waals surface area contributed by atoms with Gasteiger partial charge in [0, 0.05) is 13.1 Å². The second-order valence-corrected chi connectivity index (χ2v) is 6.48. The molecule has 2 N–H and O–H groups in total. The first kappa shape index (κ1) is 18.7. The van der Waals surface area contributed by atoms with E-state index in [0.717, 1.165) is 11.1 Å². The van der Waals surface area contributed by atoms with Gasteiger partial charge in [0.05, 0.1) is 23.0 Å². The van der Waals surface area contributed by atoms with Crippen LogP contribution in [0.4, 0.5) is 0 Å². The van der Waals surface area contributed by atoms with E-state index in [1.165, 1.54) is 11.8 Å². The lowest BCUT2D eigenvalue weighted by Crippen LogP contribution is -2.43. The zero-order valence-electron chi connectivity index (χ0n) is 14.6. The third-order valence-corrected chi connectivity index (χ3v) is 4.61. The summed E-state index contributed by atoms with van der Waals surface area (Å²) in [7, 11) is 0. The predicted octanol–water partition coefficient (Wildman–Crippen LogP) is 3.07. The molecule has 0 radical (unpaired) electrons. The Kier molecular flexibility index (Phi) is 5.57. The van der Waals surface area contributed by atoms with Gasteiger partial charge in [-0.05, 0) is 29.3 Å². The SMILES string of the molecule is CC(=O)N1C=Cc2ccccc2C1CC(=O)NNC(=O)c1ccccc1Cl. The largest absolute Gasteiger partial charge is 0.311 e. The van der Waals surface area contributed by atoms with Crippen LogP contribution in [0.25, 0.3) is 6.08 Å². The average Bonchev–Trinajstić information content (AvgIpc) is 2.66. The molecule has 1 unspecified atom stereocenters. The monoisotopic (exact) mass is 383 g/mol. The highest BCUT2D eigenvalue weighted by Gasteiger charge is 2.28. The number of benzene rings is 2. The Morgan fingerprint density at radius 1 is 1.04 bits per heavy atom. The van der Waals surface area contributed by atoms with Gasteiger partial charge in [0.25, 0.3) is 5.91 Å². The summed E-state index contributed by atoms with van der Waals surface area (Å²) < 4.78 is 0. The van der Waals surface area contributed by atoms with Crippen LogP contribution in [0.1, 0.15) is 40.9 Å². The maximum Gasteiger partial charge on any atom is 0.271 e. The fraction of sp³-hybridized carbons (Fsp3) is 0.150. The quantitative estimate of drug-likeness (QED) is 0.799. The Morgan fingerprint density at radius 3 is 2.48 bits per heavy atom. The van der Waals surface area contributed by atoms with Crippen LogP contribution in [-0.2, 0) is 9.59 Å². The molecule has 0 bridgehead atoms. The third-order valence-electron chi connectivity index (χ3n) is 4.28. The van der Waals surface area contributed by atoms with Crippen LogP contribution in [0.3, 0.4) is 0 Å². The number of hydrazine groups is 1. The molecule has 6 nitrogen and oxygen atoms in total. The summed E-state index contributed by atoms with van der Waals surface area (Å²) in [6.45, 7) is 1.45. The molecule has 7 heteroatoms. The average molecular weight is 384 g/mol. The van der Waals surface area contributed by atoms with E-state index >= 15 is 0 Å². The smallest absolute Gasteiger partial charge is 0.271 e. The Hall–Kier alpha value is -3.12. The first-order valence-corrected chi connectivity index (χ1v) is 8.75. The van der Waals surface area contributed by atoms with Crippen molar-refractivity contribution in [3.8, 4) is 0 Å². The van der Waals surface area contributed by atoms with Crippen molar-refractivity contribution in [3.63, 3.8) is 0 Å². The number of carbonyl (C=O) groups excluding carboxylic acids is 3. The van der Waals surface area contributed by atoms with Crippen molar-refractivity contribution in [2.75, 3.05) is 0 Å². The minimum absolute atomic E-state index is 0.00371. The molecule has 3 amide bonds. The summed E-state index contributed by atoms with van der Waals surface area (Å²) in [6.07, 6.45) is 3.51. The molecular weight excluding hydrogens is 366 g/mol. The molecule has 0 fully saturated rings. The van der Waals surface area contributed by atoms with Gasteiger partial charge in [0.1, 0.15) is 0 Å². The van der Waals surface area contributed by atoms with Gasteiger partial charge in [-0.2, -0.15) is 0 Å². The summed E-state index contributed by atoms with van der Waals surface area (Å²) in [4.78, 5) is 38.0. The van der Waals surface area contributed by atoms with E-state index in [9.17, 15) is 14.4 Å². The van der Waals surface area contributed by atoms with E-state index < -0.39 is 17.9 Å². The molecule has 2 aromatic rings. The molecule has 1 heterocycles. The molecule has 0 saturated heterocycles. The highest BCUT2D eigenvalue weighted by atomic mass is 35.5. The Morgan fingerprint density at radius 2 is 1.74 bits per heavy atom. The summed E-state index contributed by atoms with van der Waals surface area (Å²) in [5, 5.41) is 0.290. The van der Waals surface area contributed by atoms with Crippen molar-refractivity contribution in [1.82, 2.24) is 15.8 Å². The first-order chi connectivity index (χ1) is 13.0. The maximum atomic E-state index is 12.4. The highest BCUT2D eigenvalue weighted by Crippen LogP contribution is 2.32. The van der Waals surface area contributed by atoms with E-state index in [-0.39, 0.29) is 17.9 Å². The minimum Gasteiger partial charge on any atom is -0.311 e. The van der Waals surface area contributed by atoms with E-state index in [1.807, 2.05) is 30.3 Å². The molecule has 0 spiro atoms. The van der Waals surface area contributed by atoms with Gasteiger partial charge in [-0.3, -0.25) is 25.2 Å². The van der Waals surface area contributed by atoms with Gasteiger partial charge in [-0.1, -0.05) is 48.0 Å². The molecule has 27 heavy (non-hydrogen) atoms. The molecule has 1 aliphatic heterocycles. The van der Waals surface area contributed by atoms with Crippen LogP contribution in [0.2, 0.25) is 5.02 Å². The lowest BCUT2D eigenvalue weighted by atomic mass is 9.93. The van der Waals surface area contributed by atoms with Gasteiger partial charge in [0.15, 0.2) is 0 Å². The van der Waals surface area contributed by atoms with E-state index in [2.05, 4.69) is 10.9 Å². The number of hydrogen-bond donors (Lipinski definition) is 2. The third kappa shape index (κ3) is 4.17. The molecule has 0 aliphatic carbocycles. The van der Waals surface area contributed by atoms with E-state index in [1.54, 1.807) is 30.5 Å². The normalized spacial score (nSPS) is 15.0. The van der Waals surface area contributed by atoms with Crippen LogP contribution in [0.15, 0.2) is 54.7 Å². The number of hydrogen-bond acceptors (Lipinski definition) is 3. The summed E-state index contributed by atoms with van der Waals surface area (Å²) in [5.41, 5.74) is 6.83. The molecule has 3 rings (SSSR count). The van der Waals surface area contributed by atoms with Crippen molar-refractivity contribution < 1.29 is 14.4 Å². The van der Waals surface area contributed by atoms with Crippen LogP contribution in [0.5, 0.6) is 0 Å². The standard InChI is InChI=1S/C20H18ClN3O3/c1-13(25)24-11-10-14-6-2-3-7-15(14)18(24)12-19(26)22-23-20(27)16-8-4-5-9-17(16)21/h2-11,18H,12H2,1H3,(H,22,26)(H,23,27). The van der Waals surface area contributed by atoms with Gasteiger partial charge >= 0.3 is 0 Å². The number of fused-ring (bicyclic) bond motifs is 1. The second-order valence-electron chi connectivity index (χ2n) is 6.07. The Balaban J connectivity index is 1.69. The number of nitrogens with zero attached hydrogens (tertiary/aromatic N) is 1. The van der Waals surface area contributed by atoms with Crippen molar-refractivity contribution in [2.24, 2.45) is 0 Å². The number of halogens is 1. The first-order valence-electron chi connectivity index (χ1n) is 8.37. The molecule has 0 aromatic heterocycles. The van der Waals surface area contributed by atoms with Gasteiger partial charge in [-0.25, -0.2) is 0 Å². The van der Waals surface area contributed by atoms with Crippen molar-refractivity contribution in [2.45, 2.75) is 19.4 Å². The van der Waals surface area contributed by atoms with Crippen molar-refractivity contribution in [3.05, 3.63) is 76.4 Å². The van der Waals surface area contributed by atoms with Gasteiger partial charge in [-0.15, -0.1) is 0 Å². The summed E-state index contributed by atoms with van der Waals surface area (Å²) in [6, 6.07) is 13.7. The number of nitrogens with one attached hydrogen (secondary N) is 2. The highest BCUT2D eigenvalue weighted by molar-refractivity contribution is 6.33. The van der Waals surface area contributed by atoms with Gasteiger partial charge < -0.3 is 4.90 Å². The molecule has 2 aromatic carbocycles. The molecular formula is C20H18ClN3O3. The zero-order chi connectivity index (χ0) is 19.4. The van der Waals surface area contributed by atoms with Crippen LogP contribution >= 0.6 is 11.6 Å². The fourth-order valence-electron chi connectivity index (χ4n) is 2.98.